The van der Waals surface area contributed by atoms with E-state index < -0.39 is 0 Å². The molecule has 90 valence electrons. The van der Waals surface area contributed by atoms with Gasteiger partial charge in [0.15, 0.2) is 0 Å². The van der Waals surface area contributed by atoms with Gasteiger partial charge in [-0.3, -0.25) is 9.28 Å². The molecule has 0 aromatic rings. The van der Waals surface area contributed by atoms with Crippen LogP contribution >= 0.6 is 0 Å². The Bertz CT molecular complexity index is 185. The lowest BCUT2D eigenvalue weighted by molar-refractivity contribution is -0.917. The summed E-state index contributed by atoms with van der Waals surface area (Å²) in [7, 11) is 6.15. The predicted octanol–water partition coefficient (Wildman–Crippen LogP) is 2.55. The van der Waals surface area contributed by atoms with E-state index in [9.17, 15) is 4.79 Å². The summed E-state index contributed by atoms with van der Waals surface area (Å²) in [6, 6.07) is 0. The third kappa shape index (κ3) is 6.50. The topological polar surface area (TPSA) is 26.3 Å². The summed E-state index contributed by atoms with van der Waals surface area (Å²) in [5, 5.41) is 0. The molecular formula is C12H26NO2+. The molecule has 0 fully saturated rings. The molecule has 0 saturated heterocycles. The SMILES string of the molecule is CCCCCC(=O)OC(CC)[N+](C)(C)C. The maximum absolute atomic E-state index is 11.5. The van der Waals surface area contributed by atoms with Crippen molar-refractivity contribution in [2.45, 2.75) is 52.2 Å². The number of ether oxygens (including phenoxy) is 1. The average molecular weight is 216 g/mol. The third-order valence-corrected chi connectivity index (χ3v) is 2.47. The number of rotatable bonds is 7. The number of unbranched alkanes of at least 4 members (excludes halogenated alkanes) is 2. The van der Waals surface area contributed by atoms with E-state index >= 15 is 0 Å². The van der Waals surface area contributed by atoms with Crippen molar-refractivity contribution < 1.29 is 14.0 Å². The molecule has 0 aliphatic rings. The highest BCUT2D eigenvalue weighted by Gasteiger charge is 2.25. The second-order valence-corrected chi connectivity index (χ2v) is 4.93. The van der Waals surface area contributed by atoms with Crippen molar-refractivity contribution in [2.24, 2.45) is 0 Å². The molecule has 0 bridgehead atoms. The summed E-state index contributed by atoms with van der Waals surface area (Å²) in [6.07, 6.45) is 4.60. The molecule has 0 radical (unpaired) electrons. The summed E-state index contributed by atoms with van der Waals surface area (Å²) in [6.45, 7) is 4.18. The van der Waals surface area contributed by atoms with Crippen LogP contribution in [-0.2, 0) is 9.53 Å². The van der Waals surface area contributed by atoms with Gasteiger partial charge in [-0.05, 0) is 6.42 Å². The van der Waals surface area contributed by atoms with Gasteiger partial charge in [0, 0.05) is 12.8 Å². The van der Waals surface area contributed by atoms with Gasteiger partial charge >= 0.3 is 5.97 Å². The summed E-state index contributed by atoms with van der Waals surface area (Å²) in [5.74, 6) is -0.0525. The molecule has 0 aromatic heterocycles. The molecule has 0 aromatic carbocycles. The van der Waals surface area contributed by atoms with Crippen LogP contribution in [0.25, 0.3) is 0 Å². The Morgan fingerprint density at radius 3 is 2.20 bits per heavy atom. The Labute approximate surface area is 94.0 Å². The minimum Gasteiger partial charge on any atom is -0.412 e. The first-order chi connectivity index (χ1) is 6.91. The second-order valence-electron chi connectivity index (χ2n) is 4.93. The number of carbonyl (C=O) groups is 1. The zero-order valence-corrected chi connectivity index (χ0v) is 10.9. The second kappa shape index (κ2) is 6.83. The highest BCUT2D eigenvalue weighted by atomic mass is 16.6. The van der Waals surface area contributed by atoms with Crippen molar-refractivity contribution in [1.82, 2.24) is 0 Å². The molecule has 3 nitrogen and oxygen atoms in total. The zero-order valence-electron chi connectivity index (χ0n) is 10.9. The van der Waals surface area contributed by atoms with Crippen molar-refractivity contribution in [3.63, 3.8) is 0 Å². The first-order valence-corrected chi connectivity index (χ1v) is 5.92. The van der Waals surface area contributed by atoms with Crippen molar-refractivity contribution >= 4 is 5.97 Å². The predicted molar refractivity (Wildman–Crippen MR) is 62.3 cm³/mol. The summed E-state index contributed by atoms with van der Waals surface area (Å²) < 4.78 is 6.12. The first-order valence-electron chi connectivity index (χ1n) is 5.92. The fraction of sp³-hybridized carbons (Fsp3) is 0.917. The van der Waals surface area contributed by atoms with Crippen LogP contribution in [0, 0.1) is 0 Å². The maximum Gasteiger partial charge on any atom is 0.310 e. The minimum absolute atomic E-state index is 0.0147. The highest BCUT2D eigenvalue weighted by Crippen LogP contribution is 2.11. The summed E-state index contributed by atoms with van der Waals surface area (Å²) >= 11 is 0. The largest absolute Gasteiger partial charge is 0.412 e. The molecule has 0 saturated carbocycles. The van der Waals surface area contributed by atoms with Gasteiger partial charge in [0.05, 0.1) is 21.1 Å². The van der Waals surface area contributed by atoms with Crippen LogP contribution in [0.2, 0.25) is 0 Å². The van der Waals surface area contributed by atoms with Gasteiger partial charge in [-0.25, -0.2) is 0 Å². The molecule has 0 heterocycles. The molecule has 0 spiro atoms. The van der Waals surface area contributed by atoms with Crippen LogP contribution in [0.3, 0.4) is 0 Å². The smallest absolute Gasteiger partial charge is 0.310 e. The van der Waals surface area contributed by atoms with E-state index in [2.05, 4.69) is 6.92 Å². The molecular weight excluding hydrogens is 190 g/mol. The molecule has 0 aliphatic heterocycles. The van der Waals surface area contributed by atoms with E-state index in [1.807, 2.05) is 28.1 Å². The quantitative estimate of drug-likeness (QED) is 0.283. The van der Waals surface area contributed by atoms with Gasteiger partial charge in [-0.2, -0.15) is 0 Å². The number of carbonyl (C=O) groups excluding carboxylic acids is 1. The number of esters is 1. The van der Waals surface area contributed by atoms with Crippen LogP contribution < -0.4 is 0 Å². The minimum atomic E-state index is -0.0525. The van der Waals surface area contributed by atoms with E-state index in [0.29, 0.717) is 10.9 Å². The molecule has 1 unspecified atom stereocenters. The Morgan fingerprint density at radius 2 is 1.80 bits per heavy atom. The average Bonchev–Trinajstić information content (AvgIpc) is 2.12. The molecule has 3 heteroatoms. The van der Waals surface area contributed by atoms with E-state index in [1.54, 1.807) is 0 Å². The molecule has 15 heavy (non-hydrogen) atoms. The number of nitrogens with zero attached hydrogens (tertiary/aromatic N) is 1. The molecule has 0 aliphatic carbocycles. The number of quaternary nitrogens is 1. The molecule has 1 atom stereocenters. The lowest BCUT2D eigenvalue weighted by Gasteiger charge is -2.32. The van der Waals surface area contributed by atoms with Crippen molar-refractivity contribution in [2.75, 3.05) is 21.1 Å². The fourth-order valence-corrected chi connectivity index (χ4v) is 1.52. The fourth-order valence-electron chi connectivity index (χ4n) is 1.52. The van der Waals surface area contributed by atoms with Crippen LogP contribution in [-0.4, -0.2) is 37.8 Å². The van der Waals surface area contributed by atoms with Crippen LogP contribution in [0.15, 0.2) is 0 Å². The first kappa shape index (κ1) is 14.4. The summed E-state index contributed by atoms with van der Waals surface area (Å²) in [4.78, 5) is 11.5. The van der Waals surface area contributed by atoms with Gasteiger partial charge < -0.3 is 4.74 Å². The molecule has 0 rings (SSSR count). The van der Waals surface area contributed by atoms with Gasteiger partial charge in [0.2, 0.25) is 6.23 Å². The Kier molecular flexibility index (Phi) is 6.57. The monoisotopic (exact) mass is 216 g/mol. The summed E-state index contributed by atoms with van der Waals surface area (Å²) in [5.41, 5.74) is 0. The van der Waals surface area contributed by atoms with Crippen molar-refractivity contribution in [3.05, 3.63) is 0 Å². The maximum atomic E-state index is 11.5. The van der Waals surface area contributed by atoms with Crippen LogP contribution in [0.5, 0.6) is 0 Å². The third-order valence-electron chi connectivity index (χ3n) is 2.47. The van der Waals surface area contributed by atoms with E-state index in [0.717, 1.165) is 25.7 Å². The van der Waals surface area contributed by atoms with Crippen molar-refractivity contribution in [1.29, 1.82) is 0 Å². The zero-order chi connectivity index (χ0) is 11.9. The van der Waals surface area contributed by atoms with E-state index in [-0.39, 0.29) is 12.2 Å². The van der Waals surface area contributed by atoms with Crippen molar-refractivity contribution in [3.8, 4) is 0 Å². The van der Waals surface area contributed by atoms with Gasteiger partial charge in [-0.15, -0.1) is 0 Å². The molecule has 0 N–H and O–H groups in total. The van der Waals surface area contributed by atoms with E-state index in [1.165, 1.54) is 0 Å². The molecule has 0 amide bonds. The standard InChI is InChI=1S/C12H26NO2/c1-6-8-9-10-12(14)15-11(7-2)13(3,4)5/h11H,6-10H2,1-5H3/q+1. The van der Waals surface area contributed by atoms with Crippen LogP contribution in [0.4, 0.5) is 0 Å². The Hall–Kier alpha value is -0.570. The number of hydrogen-bond donors (Lipinski definition) is 0. The lowest BCUT2D eigenvalue weighted by Crippen LogP contribution is -2.47. The van der Waals surface area contributed by atoms with Gasteiger partial charge in [-0.1, -0.05) is 26.7 Å². The lowest BCUT2D eigenvalue weighted by atomic mass is 10.2. The highest BCUT2D eigenvalue weighted by molar-refractivity contribution is 5.69. The van der Waals surface area contributed by atoms with Crippen LogP contribution in [0.1, 0.15) is 46.0 Å². The van der Waals surface area contributed by atoms with Gasteiger partial charge in [0.1, 0.15) is 0 Å². The van der Waals surface area contributed by atoms with E-state index in [4.69, 9.17) is 4.74 Å². The normalized spacial score (nSPS) is 13.7. The Morgan fingerprint density at radius 1 is 1.20 bits per heavy atom. The number of hydrogen-bond acceptors (Lipinski definition) is 2. The van der Waals surface area contributed by atoms with Gasteiger partial charge in [0.25, 0.3) is 0 Å². The Balaban J connectivity index is 3.92.